The van der Waals surface area contributed by atoms with Crippen LogP contribution in [0.4, 0.5) is 0 Å². The summed E-state index contributed by atoms with van der Waals surface area (Å²) in [6, 6.07) is 0. The molecule has 0 aromatic carbocycles. The smallest absolute Gasteiger partial charge is 0.264 e. The summed E-state index contributed by atoms with van der Waals surface area (Å²) in [5.41, 5.74) is 0. The molecule has 0 bridgehead atoms. The van der Waals surface area contributed by atoms with E-state index in [1.54, 1.807) is 0 Å². The molecular formula is C24H52Na2O8S2. The van der Waals surface area contributed by atoms with Gasteiger partial charge in [0.25, 0.3) is 0 Å². The molecule has 0 rings (SSSR count). The summed E-state index contributed by atoms with van der Waals surface area (Å²) in [6.45, 7) is 4.62. The van der Waals surface area contributed by atoms with Crippen molar-refractivity contribution in [2.24, 2.45) is 0 Å². The molecule has 0 atom stereocenters. The van der Waals surface area contributed by atoms with Crippen LogP contribution in [-0.4, -0.2) is 98.3 Å². The van der Waals surface area contributed by atoms with E-state index in [0.717, 1.165) is 25.7 Å². The van der Waals surface area contributed by atoms with E-state index >= 15 is 0 Å². The van der Waals surface area contributed by atoms with Gasteiger partial charge in [-0.15, -0.1) is 0 Å². The van der Waals surface area contributed by atoms with E-state index in [1.807, 2.05) is 0 Å². The minimum atomic E-state index is -4.23. The maximum Gasteiger partial charge on any atom is 0.397 e. The van der Waals surface area contributed by atoms with Crippen molar-refractivity contribution in [1.29, 1.82) is 0 Å². The third-order valence-electron chi connectivity index (χ3n) is 5.46. The molecule has 0 aromatic heterocycles. The molecular weight excluding hydrogens is 526 g/mol. The second kappa shape index (κ2) is 32.9. The van der Waals surface area contributed by atoms with Gasteiger partial charge in [0, 0.05) is 59.1 Å². The predicted octanol–water partition coefficient (Wildman–Crippen LogP) is 6.69. The number of rotatable bonds is 24. The van der Waals surface area contributed by atoms with Gasteiger partial charge in [-0.1, -0.05) is 129 Å². The molecule has 0 aliphatic rings. The first-order valence-corrected chi connectivity index (χ1v) is 16.1. The molecule has 0 spiro atoms. The molecule has 0 unspecified atom stereocenters. The first-order chi connectivity index (χ1) is 16.1. The van der Waals surface area contributed by atoms with Gasteiger partial charge in [0.05, 0.1) is 13.2 Å². The average Bonchev–Trinajstić information content (AvgIpc) is 2.75. The Balaban J connectivity index is -0.000000269. The fourth-order valence-corrected chi connectivity index (χ4v) is 4.16. The molecule has 0 heterocycles. The van der Waals surface area contributed by atoms with Crippen molar-refractivity contribution >= 4 is 79.9 Å². The summed E-state index contributed by atoms with van der Waals surface area (Å²) in [5.74, 6) is 0. The topological polar surface area (TPSA) is 127 Å². The Morgan fingerprint density at radius 1 is 0.417 bits per heavy atom. The van der Waals surface area contributed by atoms with Gasteiger partial charge in [0.2, 0.25) is 0 Å². The zero-order chi connectivity index (χ0) is 26.0. The van der Waals surface area contributed by atoms with Crippen molar-refractivity contribution in [3.8, 4) is 0 Å². The van der Waals surface area contributed by atoms with Gasteiger partial charge in [0.1, 0.15) is 0 Å². The monoisotopic (exact) mass is 578 g/mol. The number of hydrogen-bond acceptors (Lipinski definition) is 6. The van der Waals surface area contributed by atoms with Crippen molar-refractivity contribution in [1.82, 2.24) is 0 Å². The Bertz CT molecular complexity index is 564. The Kier molecular flexibility index (Phi) is 41.0. The molecule has 2 radical (unpaired) electrons. The summed E-state index contributed by atoms with van der Waals surface area (Å²) >= 11 is 0. The second-order valence-corrected chi connectivity index (χ2v) is 11.0. The van der Waals surface area contributed by atoms with Crippen LogP contribution in [0.25, 0.3) is 0 Å². The van der Waals surface area contributed by atoms with Gasteiger partial charge >= 0.3 is 20.8 Å². The summed E-state index contributed by atoms with van der Waals surface area (Å²) < 4.78 is 66.0. The van der Waals surface area contributed by atoms with Crippen LogP contribution in [-0.2, 0) is 29.2 Å². The molecule has 36 heavy (non-hydrogen) atoms. The predicted molar refractivity (Wildman–Crippen MR) is 150 cm³/mol. The van der Waals surface area contributed by atoms with Crippen molar-refractivity contribution in [3.05, 3.63) is 0 Å². The Morgan fingerprint density at radius 3 is 0.806 bits per heavy atom. The van der Waals surface area contributed by atoms with Crippen LogP contribution in [0.15, 0.2) is 0 Å². The van der Waals surface area contributed by atoms with Crippen LogP contribution in [0, 0.1) is 0 Å². The van der Waals surface area contributed by atoms with E-state index in [4.69, 9.17) is 9.11 Å². The minimum Gasteiger partial charge on any atom is -0.264 e. The van der Waals surface area contributed by atoms with Crippen LogP contribution >= 0.6 is 0 Å². The summed E-state index contributed by atoms with van der Waals surface area (Å²) in [4.78, 5) is 0. The normalized spacial score (nSPS) is 11.2. The number of hydrogen-bond donors (Lipinski definition) is 2. The van der Waals surface area contributed by atoms with Gasteiger partial charge < -0.3 is 0 Å². The van der Waals surface area contributed by atoms with Crippen molar-refractivity contribution in [2.75, 3.05) is 13.2 Å². The number of unbranched alkanes of at least 4 members (excludes halogenated alkanes) is 18. The minimum absolute atomic E-state index is 0. The van der Waals surface area contributed by atoms with E-state index in [1.165, 1.54) is 89.9 Å². The molecule has 0 amide bonds. The van der Waals surface area contributed by atoms with E-state index in [0.29, 0.717) is 12.8 Å². The Labute approximate surface area is 267 Å². The molecule has 0 saturated heterocycles. The fraction of sp³-hybridized carbons (Fsp3) is 1.00. The Hall–Kier alpha value is 1.74. The zero-order valence-electron chi connectivity index (χ0n) is 23.7. The first-order valence-electron chi connectivity index (χ1n) is 13.4. The molecule has 0 aliphatic heterocycles. The third-order valence-corrected chi connectivity index (χ3v) is 6.39. The summed E-state index contributed by atoms with van der Waals surface area (Å²) in [7, 11) is -8.47. The molecule has 0 saturated carbocycles. The van der Waals surface area contributed by atoms with Crippen molar-refractivity contribution in [3.63, 3.8) is 0 Å². The quantitative estimate of drug-likeness (QED) is 0.0736. The van der Waals surface area contributed by atoms with E-state index in [2.05, 4.69) is 22.2 Å². The standard InChI is InChI=1S/2C12H26O4S.2Na/c2*1-2-3-4-5-6-7-8-9-10-11-12-16-17(13,14)15;;/h2*2-12H2,1H3,(H,13,14,15);;. The third kappa shape index (κ3) is 48.8. The maximum absolute atomic E-state index is 10.2. The molecule has 210 valence electrons. The van der Waals surface area contributed by atoms with Crippen LogP contribution < -0.4 is 0 Å². The summed E-state index contributed by atoms with van der Waals surface area (Å²) in [5, 5.41) is 0. The molecule has 0 aliphatic carbocycles. The van der Waals surface area contributed by atoms with E-state index in [-0.39, 0.29) is 72.3 Å². The second-order valence-electron chi connectivity index (χ2n) is 8.86. The van der Waals surface area contributed by atoms with Gasteiger partial charge in [-0.3, -0.25) is 9.11 Å². The van der Waals surface area contributed by atoms with Gasteiger partial charge in [-0.25, -0.2) is 8.37 Å². The molecule has 12 heteroatoms. The fourth-order valence-electron chi connectivity index (χ4n) is 3.51. The zero-order valence-corrected chi connectivity index (χ0v) is 29.3. The van der Waals surface area contributed by atoms with Crippen LogP contribution in [0.1, 0.15) is 142 Å². The van der Waals surface area contributed by atoms with Crippen LogP contribution in [0.3, 0.4) is 0 Å². The molecule has 0 fully saturated rings. The van der Waals surface area contributed by atoms with Crippen molar-refractivity contribution in [2.45, 2.75) is 142 Å². The van der Waals surface area contributed by atoms with Gasteiger partial charge in [0.15, 0.2) is 0 Å². The van der Waals surface area contributed by atoms with E-state index in [9.17, 15) is 16.8 Å². The van der Waals surface area contributed by atoms with Crippen LogP contribution in [0.2, 0.25) is 0 Å². The van der Waals surface area contributed by atoms with Crippen molar-refractivity contribution < 1.29 is 34.3 Å². The summed E-state index contributed by atoms with van der Waals surface area (Å²) in [6.07, 6.45) is 23.7. The Morgan fingerprint density at radius 2 is 0.611 bits per heavy atom. The van der Waals surface area contributed by atoms with E-state index < -0.39 is 20.8 Å². The maximum atomic E-state index is 10.2. The first kappa shape index (κ1) is 44.7. The van der Waals surface area contributed by atoms with Crippen LogP contribution in [0.5, 0.6) is 0 Å². The average molecular weight is 579 g/mol. The van der Waals surface area contributed by atoms with Gasteiger partial charge in [-0.05, 0) is 12.8 Å². The molecule has 0 aromatic rings. The SMILES string of the molecule is CCCCCCCCCCCCOS(=O)(=O)O.CCCCCCCCCCCCOS(=O)(=O)O.[Na].[Na]. The largest absolute Gasteiger partial charge is 0.397 e. The molecule has 8 nitrogen and oxygen atoms in total. The molecule has 2 N–H and O–H groups in total. The van der Waals surface area contributed by atoms with Gasteiger partial charge in [-0.2, -0.15) is 16.8 Å².